The molecule has 1 saturated carbocycles. The zero-order valence-corrected chi connectivity index (χ0v) is 11.6. The highest BCUT2D eigenvalue weighted by Gasteiger charge is 2.50. The maximum absolute atomic E-state index is 6.47. The first-order valence-electron chi connectivity index (χ1n) is 7.58. The summed E-state index contributed by atoms with van der Waals surface area (Å²) in [6.45, 7) is 2.32. The molecule has 0 amide bonds. The van der Waals surface area contributed by atoms with Crippen LogP contribution in [-0.4, -0.2) is 31.1 Å². The Morgan fingerprint density at radius 3 is 2.70 bits per heavy atom. The highest BCUT2D eigenvalue weighted by molar-refractivity contribution is 5.93. The monoisotopic (exact) mass is 272 g/mol. The standard InChI is InChI=1S/C16H20N2O2/c1-2-6-12(5-1)16(15-17-9-10-18-15)11-19-13-7-3-4-8-14(13)20-16/h3-4,7-8,12H,1-2,5-6,9-11H2,(H,17,18)/t16-/m1/s1. The second-order valence-electron chi connectivity index (χ2n) is 5.87. The van der Waals surface area contributed by atoms with Crippen molar-refractivity contribution in [3.63, 3.8) is 0 Å². The molecule has 1 aromatic rings. The molecule has 0 saturated heterocycles. The molecule has 0 unspecified atom stereocenters. The molecule has 0 spiro atoms. The van der Waals surface area contributed by atoms with Gasteiger partial charge in [-0.05, 0) is 25.0 Å². The Hall–Kier alpha value is -1.71. The van der Waals surface area contributed by atoms with Gasteiger partial charge in [-0.1, -0.05) is 25.0 Å². The van der Waals surface area contributed by atoms with E-state index in [9.17, 15) is 0 Å². The summed E-state index contributed by atoms with van der Waals surface area (Å²) in [5.74, 6) is 3.20. The number of amidine groups is 1. The summed E-state index contributed by atoms with van der Waals surface area (Å²) >= 11 is 0. The molecule has 3 aliphatic rings. The molecule has 0 radical (unpaired) electrons. The predicted octanol–water partition coefficient (Wildman–Crippen LogP) is 2.39. The van der Waals surface area contributed by atoms with E-state index < -0.39 is 5.60 Å². The van der Waals surface area contributed by atoms with Gasteiger partial charge < -0.3 is 14.8 Å². The molecule has 1 fully saturated rings. The van der Waals surface area contributed by atoms with Crippen molar-refractivity contribution in [1.29, 1.82) is 0 Å². The fourth-order valence-corrected chi connectivity index (χ4v) is 3.65. The molecule has 1 aliphatic carbocycles. The van der Waals surface area contributed by atoms with Crippen LogP contribution in [0.4, 0.5) is 0 Å². The normalized spacial score (nSPS) is 29.1. The topological polar surface area (TPSA) is 42.8 Å². The van der Waals surface area contributed by atoms with Crippen molar-refractivity contribution in [1.82, 2.24) is 5.32 Å². The molecule has 20 heavy (non-hydrogen) atoms. The van der Waals surface area contributed by atoms with Crippen LogP contribution in [0, 0.1) is 5.92 Å². The quantitative estimate of drug-likeness (QED) is 0.899. The molecule has 2 heterocycles. The molecule has 0 bridgehead atoms. The average molecular weight is 272 g/mol. The molecule has 0 aromatic heterocycles. The Kier molecular flexibility index (Phi) is 2.83. The molecular formula is C16H20N2O2. The number of benzene rings is 1. The molecule has 4 nitrogen and oxygen atoms in total. The third-order valence-electron chi connectivity index (χ3n) is 4.67. The van der Waals surface area contributed by atoms with E-state index in [0.29, 0.717) is 12.5 Å². The summed E-state index contributed by atoms with van der Waals surface area (Å²) in [7, 11) is 0. The van der Waals surface area contributed by atoms with Crippen LogP contribution in [0.25, 0.3) is 0 Å². The van der Waals surface area contributed by atoms with E-state index in [1.54, 1.807) is 0 Å². The number of para-hydroxylation sites is 2. The minimum atomic E-state index is -0.401. The summed E-state index contributed by atoms with van der Waals surface area (Å²) in [5.41, 5.74) is -0.401. The molecular weight excluding hydrogens is 252 g/mol. The van der Waals surface area contributed by atoms with Crippen molar-refractivity contribution in [2.45, 2.75) is 31.3 Å². The minimum Gasteiger partial charge on any atom is -0.485 e. The number of hydrogen-bond acceptors (Lipinski definition) is 4. The number of ether oxygens (including phenoxy) is 2. The van der Waals surface area contributed by atoms with Crippen LogP contribution >= 0.6 is 0 Å². The van der Waals surface area contributed by atoms with E-state index in [4.69, 9.17) is 9.47 Å². The van der Waals surface area contributed by atoms with Crippen LogP contribution in [0.2, 0.25) is 0 Å². The zero-order chi connectivity index (χ0) is 13.4. The number of nitrogens with zero attached hydrogens (tertiary/aromatic N) is 1. The largest absolute Gasteiger partial charge is 0.485 e. The van der Waals surface area contributed by atoms with Crippen molar-refractivity contribution in [2.75, 3.05) is 19.7 Å². The minimum absolute atomic E-state index is 0.401. The van der Waals surface area contributed by atoms with Gasteiger partial charge in [-0.15, -0.1) is 0 Å². The lowest BCUT2D eigenvalue weighted by atomic mass is 9.84. The maximum atomic E-state index is 6.47. The Balaban J connectivity index is 1.73. The first kappa shape index (κ1) is 12.1. The summed E-state index contributed by atoms with van der Waals surface area (Å²) in [5, 5.41) is 3.42. The molecule has 4 rings (SSSR count). The molecule has 106 valence electrons. The second kappa shape index (κ2) is 4.69. The first-order chi connectivity index (χ1) is 9.88. The van der Waals surface area contributed by atoms with E-state index in [0.717, 1.165) is 30.4 Å². The lowest BCUT2D eigenvalue weighted by Crippen LogP contribution is -2.59. The third kappa shape index (κ3) is 1.78. The van der Waals surface area contributed by atoms with Crippen molar-refractivity contribution < 1.29 is 9.47 Å². The zero-order valence-electron chi connectivity index (χ0n) is 11.6. The lowest BCUT2D eigenvalue weighted by molar-refractivity contribution is 0.000210. The van der Waals surface area contributed by atoms with Crippen LogP contribution in [0.3, 0.4) is 0 Å². The predicted molar refractivity (Wildman–Crippen MR) is 77.6 cm³/mol. The number of rotatable bonds is 2. The maximum Gasteiger partial charge on any atom is 0.202 e. The smallest absolute Gasteiger partial charge is 0.202 e. The second-order valence-corrected chi connectivity index (χ2v) is 5.87. The molecule has 1 aromatic carbocycles. The van der Waals surface area contributed by atoms with Crippen molar-refractivity contribution in [3.8, 4) is 11.5 Å². The fraction of sp³-hybridized carbons (Fsp3) is 0.562. The van der Waals surface area contributed by atoms with Gasteiger partial charge in [0.2, 0.25) is 5.60 Å². The van der Waals surface area contributed by atoms with E-state index in [1.807, 2.05) is 24.3 Å². The number of fused-ring (bicyclic) bond motifs is 1. The fourth-order valence-electron chi connectivity index (χ4n) is 3.65. The summed E-state index contributed by atoms with van der Waals surface area (Å²) in [6.07, 6.45) is 4.97. The van der Waals surface area contributed by atoms with Crippen molar-refractivity contribution in [2.24, 2.45) is 10.9 Å². The van der Waals surface area contributed by atoms with Gasteiger partial charge in [0, 0.05) is 12.5 Å². The van der Waals surface area contributed by atoms with Crippen LogP contribution in [0.5, 0.6) is 11.5 Å². The van der Waals surface area contributed by atoms with Crippen LogP contribution < -0.4 is 14.8 Å². The lowest BCUT2D eigenvalue weighted by Gasteiger charge is -2.42. The van der Waals surface area contributed by atoms with Gasteiger partial charge in [0.05, 0.1) is 6.54 Å². The van der Waals surface area contributed by atoms with E-state index >= 15 is 0 Å². The molecule has 2 aliphatic heterocycles. The summed E-state index contributed by atoms with van der Waals surface area (Å²) in [4.78, 5) is 4.65. The SMILES string of the molecule is c1ccc2c(c1)OC[C@](C1=NCCN1)(C1CCCC1)O2. The van der Waals surface area contributed by atoms with Crippen LogP contribution in [0.1, 0.15) is 25.7 Å². The molecule has 1 atom stereocenters. The van der Waals surface area contributed by atoms with Gasteiger partial charge in [0.25, 0.3) is 0 Å². The summed E-state index contributed by atoms with van der Waals surface area (Å²) < 4.78 is 12.5. The van der Waals surface area contributed by atoms with E-state index in [2.05, 4.69) is 10.3 Å². The third-order valence-corrected chi connectivity index (χ3v) is 4.67. The highest BCUT2D eigenvalue weighted by Crippen LogP contribution is 2.43. The van der Waals surface area contributed by atoms with Gasteiger partial charge >= 0.3 is 0 Å². The van der Waals surface area contributed by atoms with Crippen LogP contribution in [0.15, 0.2) is 29.3 Å². The van der Waals surface area contributed by atoms with E-state index in [-0.39, 0.29) is 0 Å². The van der Waals surface area contributed by atoms with Gasteiger partial charge in [-0.3, -0.25) is 4.99 Å². The van der Waals surface area contributed by atoms with Gasteiger partial charge in [-0.25, -0.2) is 0 Å². The molecule has 4 heteroatoms. The van der Waals surface area contributed by atoms with Crippen LogP contribution in [-0.2, 0) is 0 Å². The highest BCUT2D eigenvalue weighted by atomic mass is 16.6. The van der Waals surface area contributed by atoms with E-state index in [1.165, 1.54) is 25.7 Å². The Morgan fingerprint density at radius 2 is 1.95 bits per heavy atom. The summed E-state index contributed by atoms with van der Waals surface area (Å²) in [6, 6.07) is 7.94. The van der Waals surface area contributed by atoms with Gasteiger partial charge in [0.1, 0.15) is 12.4 Å². The first-order valence-corrected chi connectivity index (χ1v) is 7.58. The number of aliphatic imine (C=N–C) groups is 1. The molecule has 1 N–H and O–H groups in total. The van der Waals surface area contributed by atoms with Gasteiger partial charge in [-0.2, -0.15) is 0 Å². The van der Waals surface area contributed by atoms with Gasteiger partial charge in [0.15, 0.2) is 11.5 Å². The number of hydrogen-bond donors (Lipinski definition) is 1. The Morgan fingerprint density at radius 1 is 1.15 bits per heavy atom. The average Bonchev–Trinajstić information content (AvgIpc) is 3.20. The number of nitrogens with one attached hydrogen (secondary N) is 1. The van der Waals surface area contributed by atoms with Crippen molar-refractivity contribution in [3.05, 3.63) is 24.3 Å². The van der Waals surface area contributed by atoms with Crippen molar-refractivity contribution >= 4 is 5.84 Å². The Labute approximate surface area is 119 Å². The Bertz CT molecular complexity index is 537.